The molecule has 3 aromatic carbocycles. The molecule has 4 aromatic rings. The van der Waals surface area contributed by atoms with Gasteiger partial charge in [-0.3, -0.25) is 20.4 Å². The summed E-state index contributed by atoms with van der Waals surface area (Å²) in [5.74, 6) is -0.367. The van der Waals surface area contributed by atoms with E-state index in [1.165, 1.54) is 18.3 Å². The fourth-order valence-electron chi connectivity index (χ4n) is 3.07. The minimum atomic E-state index is -0.532. The minimum Gasteiger partial charge on any atom is -0.438 e. The maximum absolute atomic E-state index is 13.1. The van der Waals surface area contributed by atoms with E-state index in [2.05, 4.69) is 21.2 Å². The number of hydrogen-bond acceptors (Lipinski definition) is 5. The fraction of sp³-hybridized carbons (Fsp3) is 0. The number of ether oxygens (including phenoxy) is 1. The highest BCUT2D eigenvalue weighted by atomic mass is 35.5. The van der Waals surface area contributed by atoms with Crippen LogP contribution in [0.25, 0.3) is 0 Å². The molecule has 2 amide bonds. The van der Waals surface area contributed by atoms with Gasteiger partial charge in [0.05, 0.1) is 27.0 Å². The number of amides is 2. The van der Waals surface area contributed by atoms with Gasteiger partial charge >= 0.3 is 0 Å². The monoisotopic (exact) mass is 526 g/mol. The van der Waals surface area contributed by atoms with Crippen LogP contribution in [0.4, 0.5) is 11.4 Å². The number of nitrogens with zero attached hydrogens (tertiary/aromatic N) is 1. The third kappa shape index (κ3) is 6.02. The first-order chi connectivity index (χ1) is 16.9. The number of halogens is 3. The first kappa shape index (κ1) is 24.3. The van der Waals surface area contributed by atoms with E-state index in [0.29, 0.717) is 10.8 Å². The molecule has 0 spiro atoms. The summed E-state index contributed by atoms with van der Waals surface area (Å²) in [7, 11) is 0. The van der Waals surface area contributed by atoms with Crippen molar-refractivity contribution in [2.45, 2.75) is 0 Å². The number of nitrogens with one attached hydrogen (secondary N) is 3. The van der Waals surface area contributed by atoms with Crippen LogP contribution in [0.2, 0.25) is 15.1 Å². The van der Waals surface area contributed by atoms with Crippen molar-refractivity contribution in [3.05, 3.63) is 111 Å². The minimum absolute atomic E-state index is 0.131. The van der Waals surface area contributed by atoms with E-state index in [-0.39, 0.29) is 38.4 Å². The van der Waals surface area contributed by atoms with Crippen LogP contribution >= 0.6 is 34.8 Å². The molecule has 0 saturated carbocycles. The molecule has 0 atom stereocenters. The molecule has 0 aliphatic rings. The largest absolute Gasteiger partial charge is 0.438 e. The number of hydrazine groups is 1. The van der Waals surface area contributed by atoms with E-state index in [0.717, 1.165) is 0 Å². The van der Waals surface area contributed by atoms with Gasteiger partial charge in [0.15, 0.2) is 0 Å². The molecule has 0 aliphatic carbocycles. The third-order valence-corrected chi connectivity index (χ3v) is 5.52. The Morgan fingerprint density at radius 1 is 0.771 bits per heavy atom. The summed E-state index contributed by atoms with van der Waals surface area (Å²) in [6, 6.07) is 21.7. The molecular weight excluding hydrogens is 511 g/mol. The Hall–Kier alpha value is -3.78. The van der Waals surface area contributed by atoms with Crippen molar-refractivity contribution in [2.24, 2.45) is 0 Å². The Morgan fingerprint density at radius 2 is 1.43 bits per heavy atom. The van der Waals surface area contributed by atoms with Crippen molar-refractivity contribution < 1.29 is 14.3 Å². The van der Waals surface area contributed by atoms with E-state index < -0.39 is 11.8 Å². The molecular formula is C25H17Cl3N4O3. The van der Waals surface area contributed by atoms with E-state index >= 15 is 0 Å². The van der Waals surface area contributed by atoms with Crippen molar-refractivity contribution in [1.82, 2.24) is 10.4 Å². The molecule has 1 heterocycles. The summed E-state index contributed by atoms with van der Waals surface area (Å²) in [6.45, 7) is 0. The molecule has 35 heavy (non-hydrogen) atoms. The Bertz CT molecular complexity index is 1360. The van der Waals surface area contributed by atoms with Gasteiger partial charge in [0, 0.05) is 11.2 Å². The van der Waals surface area contributed by atoms with Crippen LogP contribution in [0.1, 0.15) is 20.7 Å². The second kappa shape index (κ2) is 11.1. The van der Waals surface area contributed by atoms with Gasteiger partial charge in [0.2, 0.25) is 5.88 Å². The lowest BCUT2D eigenvalue weighted by atomic mass is 10.1. The van der Waals surface area contributed by atoms with Crippen LogP contribution in [0.15, 0.2) is 85.1 Å². The van der Waals surface area contributed by atoms with Crippen molar-refractivity contribution in [3.63, 3.8) is 0 Å². The topological polar surface area (TPSA) is 92.4 Å². The van der Waals surface area contributed by atoms with Crippen LogP contribution in [0, 0.1) is 0 Å². The molecule has 0 fully saturated rings. The average Bonchev–Trinajstić information content (AvgIpc) is 2.84. The van der Waals surface area contributed by atoms with E-state index in [1.807, 2.05) is 18.2 Å². The maximum Gasteiger partial charge on any atom is 0.271 e. The van der Waals surface area contributed by atoms with Crippen LogP contribution in [0.3, 0.4) is 0 Å². The lowest BCUT2D eigenvalue weighted by Crippen LogP contribution is -2.30. The van der Waals surface area contributed by atoms with Gasteiger partial charge in [-0.2, -0.15) is 0 Å². The second-order valence-electron chi connectivity index (χ2n) is 7.09. The molecule has 10 heteroatoms. The molecule has 1 aromatic heterocycles. The van der Waals surface area contributed by atoms with Crippen LogP contribution in [-0.4, -0.2) is 16.8 Å². The first-order valence-corrected chi connectivity index (χ1v) is 11.3. The van der Waals surface area contributed by atoms with Gasteiger partial charge in [-0.1, -0.05) is 65.1 Å². The van der Waals surface area contributed by atoms with Gasteiger partial charge in [0.1, 0.15) is 11.3 Å². The Labute approximate surface area is 216 Å². The number of carbonyl (C=O) groups is 2. The number of carbonyl (C=O) groups excluding carboxylic acids is 2. The molecule has 0 bridgehead atoms. The molecule has 4 rings (SSSR count). The van der Waals surface area contributed by atoms with E-state index in [1.54, 1.807) is 48.5 Å². The molecule has 0 aliphatic heterocycles. The number of rotatable bonds is 7. The van der Waals surface area contributed by atoms with Crippen molar-refractivity contribution in [1.29, 1.82) is 0 Å². The molecule has 0 unspecified atom stereocenters. The summed E-state index contributed by atoms with van der Waals surface area (Å²) < 4.78 is 5.77. The molecule has 0 saturated heterocycles. The number of benzene rings is 3. The van der Waals surface area contributed by atoms with Crippen molar-refractivity contribution >= 4 is 58.0 Å². The zero-order valence-corrected chi connectivity index (χ0v) is 20.2. The fourth-order valence-corrected chi connectivity index (χ4v) is 3.98. The Kier molecular flexibility index (Phi) is 7.72. The highest BCUT2D eigenvalue weighted by Gasteiger charge is 2.18. The average molecular weight is 528 g/mol. The second-order valence-corrected chi connectivity index (χ2v) is 8.35. The first-order valence-electron chi connectivity index (χ1n) is 10.2. The SMILES string of the molecule is O=C(NNc1c(Cl)cc(Cl)cc1Cl)c1ccccc1NC(=O)c1cccnc1Oc1ccccc1. The summed E-state index contributed by atoms with van der Waals surface area (Å²) >= 11 is 18.2. The van der Waals surface area contributed by atoms with Gasteiger partial charge in [-0.15, -0.1) is 0 Å². The zero-order chi connectivity index (χ0) is 24.8. The van der Waals surface area contributed by atoms with Crippen molar-refractivity contribution in [3.8, 4) is 11.6 Å². The lowest BCUT2D eigenvalue weighted by Gasteiger charge is -2.15. The van der Waals surface area contributed by atoms with E-state index in [4.69, 9.17) is 39.5 Å². The third-order valence-electron chi connectivity index (χ3n) is 4.70. The van der Waals surface area contributed by atoms with Gasteiger partial charge in [-0.25, -0.2) is 4.98 Å². The maximum atomic E-state index is 13.1. The summed E-state index contributed by atoms with van der Waals surface area (Å²) in [5, 5.41) is 3.56. The zero-order valence-electron chi connectivity index (χ0n) is 17.9. The predicted molar refractivity (Wildman–Crippen MR) is 138 cm³/mol. The Morgan fingerprint density at radius 3 is 2.17 bits per heavy atom. The summed E-state index contributed by atoms with van der Waals surface area (Å²) in [5.41, 5.74) is 6.17. The quantitative estimate of drug-likeness (QED) is 0.229. The molecule has 7 nitrogen and oxygen atoms in total. The number of hydrogen-bond donors (Lipinski definition) is 3. The highest BCUT2D eigenvalue weighted by molar-refractivity contribution is 6.41. The van der Waals surface area contributed by atoms with Crippen LogP contribution in [-0.2, 0) is 0 Å². The van der Waals surface area contributed by atoms with Gasteiger partial charge in [-0.05, 0) is 48.5 Å². The summed E-state index contributed by atoms with van der Waals surface area (Å²) in [6.07, 6.45) is 1.52. The Balaban J connectivity index is 1.51. The number of aromatic nitrogens is 1. The lowest BCUT2D eigenvalue weighted by molar-refractivity contribution is 0.0963. The highest BCUT2D eigenvalue weighted by Crippen LogP contribution is 2.33. The standard InChI is InChI=1S/C25H17Cl3N4O3/c26-15-13-19(27)22(20(28)14-15)31-32-24(34)17-9-4-5-11-21(17)30-23(33)18-10-6-12-29-25(18)35-16-7-2-1-3-8-16/h1-14,31H,(H,30,33)(H,32,34). The van der Waals surface area contributed by atoms with Crippen LogP contribution in [0.5, 0.6) is 11.6 Å². The number of pyridine rings is 1. The van der Waals surface area contributed by atoms with E-state index in [9.17, 15) is 9.59 Å². The predicted octanol–water partition coefficient (Wildman–Crippen LogP) is 6.84. The van der Waals surface area contributed by atoms with Gasteiger partial charge in [0.25, 0.3) is 11.8 Å². The van der Waals surface area contributed by atoms with Gasteiger partial charge < -0.3 is 10.1 Å². The smallest absolute Gasteiger partial charge is 0.271 e. The van der Waals surface area contributed by atoms with Crippen LogP contribution < -0.4 is 20.9 Å². The molecule has 176 valence electrons. The summed E-state index contributed by atoms with van der Waals surface area (Å²) in [4.78, 5) is 30.1. The normalized spacial score (nSPS) is 10.4. The molecule has 3 N–H and O–H groups in total. The van der Waals surface area contributed by atoms with Crippen molar-refractivity contribution in [2.75, 3.05) is 10.7 Å². The number of anilines is 2. The molecule has 0 radical (unpaired) electrons. The number of para-hydroxylation sites is 2.